The molecule has 3 N–H and O–H groups in total. The van der Waals surface area contributed by atoms with E-state index in [0.717, 1.165) is 17.1 Å². The van der Waals surface area contributed by atoms with Crippen LogP contribution >= 0.6 is 0 Å². The maximum Gasteiger partial charge on any atom is 0.221 e. The third kappa shape index (κ3) is 2.53. The molecule has 2 aromatic rings. The minimum absolute atomic E-state index is 0.281. The van der Waals surface area contributed by atoms with E-state index < -0.39 is 0 Å². The molecule has 0 aliphatic heterocycles. The van der Waals surface area contributed by atoms with Crippen molar-refractivity contribution in [3.63, 3.8) is 0 Å². The fraction of sp³-hybridized carbons (Fsp3) is 0.231. The van der Waals surface area contributed by atoms with E-state index in [4.69, 9.17) is 5.73 Å². The molecule has 0 aliphatic carbocycles. The Morgan fingerprint density at radius 2 is 1.88 bits per heavy atom. The van der Waals surface area contributed by atoms with Crippen molar-refractivity contribution in [2.45, 2.75) is 20.8 Å². The van der Waals surface area contributed by atoms with Gasteiger partial charge in [-0.25, -0.2) is 4.98 Å². The van der Waals surface area contributed by atoms with Crippen molar-refractivity contribution in [1.82, 2.24) is 9.97 Å². The van der Waals surface area contributed by atoms with E-state index in [1.807, 2.05) is 6.92 Å². The Balaban J connectivity index is 2.37. The number of aryl methyl sites for hydroxylation is 3. The van der Waals surface area contributed by atoms with E-state index in [1.165, 1.54) is 11.1 Å². The van der Waals surface area contributed by atoms with Crippen molar-refractivity contribution in [3.05, 3.63) is 41.1 Å². The number of hydrogen-bond donors (Lipinski definition) is 2. The lowest BCUT2D eigenvalue weighted by atomic mass is 10.1. The number of rotatable bonds is 2. The minimum atomic E-state index is 0.281. The van der Waals surface area contributed by atoms with Gasteiger partial charge in [-0.3, -0.25) is 0 Å². The van der Waals surface area contributed by atoms with Gasteiger partial charge in [0.25, 0.3) is 0 Å². The van der Waals surface area contributed by atoms with E-state index in [2.05, 4.69) is 47.3 Å². The molecule has 0 fully saturated rings. The molecule has 0 spiro atoms. The molecule has 0 saturated carbocycles. The topological polar surface area (TPSA) is 63.8 Å². The summed E-state index contributed by atoms with van der Waals surface area (Å²) in [5, 5.41) is 3.29. The molecule has 0 saturated heterocycles. The number of hydrogen-bond acceptors (Lipinski definition) is 4. The normalized spacial score (nSPS) is 10.3. The lowest BCUT2D eigenvalue weighted by molar-refractivity contribution is 1.14. The summed E-state index contributed by atoms with van der Waals surface area (Å²) in [6.07, 6.45) is 1.72. The quantitative estimate of drug-likeness (QED) is 0.829. The zero-order valence-corrected chi connectivity index (χ0v) is 10.3. The maximum absolute atomic E-state index is 5.59. The first-order valence-corrected chi connectivity index (χ1v) is 5.49. The van der Waals surface area contributed by atoms with Crippen LogP contribution in [0.3, 0.4) is 0 Å². The van der Waals surface area contributed by atoms with Crippen LogP contribution in [-0.2, 0) is 0 Å². The number of benzene rings is 1. The SMILES string of the molecule is Cc1ccc(C)c(Nc2nc(N)ncc2C)c1. The lowest BCUT2D eigenvalue weighted by Gasteiger charge is -2.11. The van der Waals surface area contributed by atoms with Gasteiger partial charge in [-0.15, -0.1) is 0 Å². The third-order valence-electron chi connectivity index (χ3n) is 2.64. The van der Waals surface area contributed by atoms with Gasteiger partial charge in [-0.05, 0) is 38.0 Å². The second-order valence-electron chi connectivity index (χ2n) is 4.20. The van der Waals surface area contributed by atoms with Crippen molar-refractivity contribution in [3.8, 4) is 0 Å². The van der Waals surface area contributed by atoms with E-state index in [9.17, 15) is 0 Å². The van der Waals surface area contributed by atoms with Gasteiger partial charge in [0.2, 0.25) is 5.95 Å². The zero-order valence-electron chi connectivity index (χ0n) is 10.3. The molecule has 0 radical (unpaired) electrons. The molecule has 0 amide bonds. The monoisotopic (exact) mass is 228 g/mol. The van der Waals surface area contributed by atoms with Crippen LogP contribution in [0, 0.1) is 20.8 Å². The summed E-state index contributed by atoms with van der Waals surface area (Å²) in [5.41, 5.74) is 9.99. The predicted molar refractivity (Wildman–Crippen MR) is 70.4 cm³/mol. The van der Waals surface area contributed by atoms with Gasteiger partial charge in [0, 0.05) is 17.4 Å². The van der Waals surface area contributed by atoms with E-state index in [0.29, 0.717) is 0 Å². The molecular weight excluding hydrogens is 212 g/mol. The van der Waals surface area contributed by atoms with Crippen molar-refractivity contribution in [2.24, 2.45) is 0 Å². The molecule has 17 heavy (non-hydrogen) atoms. The molecule has 0 aliphatic rings. The summed E-state index contributed by atoms with van der Waals surface area (Å²) < 4.78 is 0. The number of nitrogen functional groups attached to an aromatic ring is 1. The van der Waals surface area contributed by atoms with Crippen LogP contribution in [-0.4, -0.2) is 9.97 Å². The maximum atomic E-state index is 5.59. The summed E-state index contributed by atoms with van der Waals surface area (Å²) in [5.74, 6) is 1.04. The molecule has 4 heteroatoms. The van der Waals surface area contributed by atoms with Crippen LogP contribution in [0.25, 0.3) is 0 Å². The smallest absolute Gasteiger partial charge is 0.221 e. The summed E-state index contributed by atoms with van der Waals surface area (Å²) in [4.78, 5) is 8.14. The number of anilines is 3. The molecular formula is C13H16N4. The van der Waals surface area contributed by atoms with Crippen molar-refractivity contribution >= 4 is 17.5 Å². The second-order valence-corrected chi connectivity index (χ2v) is 4.20. The molecule has 0 bridgehead atoms. The minimum Gasteiger partial charge on any atom is -0.368 e. The third-order valence-corrected chi connectivity index (χ3v) is 2.64. The number of nitrogens with zero attached hydrogens (tertiary/aromatic N) is 2. The van der Waals surface area contributed by atoms with E-state index in [1.54, 1.807) is 6.20 Å². The first-order valence-electron chi connectivity index (χ1n) is 5.49. The average molecular weight is 228 g/mol. The Morgan fingerprint density at radius 1 is 1.12 bits per heavy atom. The van der Waals surface area contributed by atoms with Crippen LogP contribution in [0.1, 0.15) is 16.7 Å². The van der Waals surface area contributed by atoms with Gasteiger partial charge < -0.3 is 11.1 Å². The molecule has 1 aromatic carbocycles. The summed E-state index contributed by atoms with van der Waals surface area (Å²) in [7, 11) is 0. The molecule has 1 aromatic heterocycles. The zero-order chi connectivity index (χ0) is 12.4. The second kappa shape index (κ2) is 4.41. The summed E-state index contributed by atoms with van der Waals surface area (Å²) in [6.45, 7) is 6.07. The molecule has 0 unspecified atom stereocenters. The standard InChI is InChI=1S/C13H16N4/c1-8-4-5-9(2)11(6-8)16-12-10(3)7-15-13(14)17-12/h4-7H,1-3H3,(H3,14,15,16,17). The van der Waals surface area contributed by atoms with Crippen LogP contribution in [0.5, 0.6) is 0 Å². The van der Waals surface area contributed by atoms with Crippen LogP contribution < -0.4 is 11.1 Å². The molecule has 1 heterocycles. The van der Waals surface area contributed by atoms with Crippen molar-refractivity contribution < 1.29 is 0 Å². The number of aromatic nitrogens is 2. The fourth-order valence-electron chi connectivity index (χ4n) is 1.58. The van der Waals surface area contributed by atoms with Gasteiger partial charge in [0.05, 0.1) is 0 Å². The Hall–Kier alpha value is -2.10. The van der Waals surface area contributed by atoms with Crippen LogP contribution in [0.4, 0.5) is 17.5 Å². The van der Waals surface area contributed by atoms with Crippen molar-refractivity contribution in [2.75, 3.05) is 11.1 Å². The molecule has 4 nitrogen and oxygen atoms in total. The predicted octanol–water partition coefficient (Wildman–Crippen LogP) is 2.73. The van der Waals surface area contributed by atoms with Gasteiger partial charge >= 0.3 is 0 Å². The Kier molecular flexibility index (Phi) is 2.95. The van der Waals surface area contributed by atoms with Gasteiger partial charge in [0.1, 0.15) is 5.82 Å². The van der Waals surface area contributed by atoms with E-state index >= 15 is 0 Å². The highest BCUT2D eigenvalue weighted by molar-refractivity contribution is 5.63. The van der Waals surface area contributed by atoms with E-state index in [-0.39, 0.29) is 5.95 Å². The molecule has 0 atom stereocenters. The molecule has 2 rings (SSSR count). The Bertz CT molecular complexity index is 500. The highest BCUT2D eigenvalue weighted by atomic mass is 15.1. The number of nitrogens with two attached hydrogens (primary N) is 1. The average Bonchev–Trinajstić information content (AvgIpc) is 2.28. The summed E-state index contributed by atoms with van der Waals surface area (Å²) >= 11 is 0. The molecule has 88 valence electrons. The first-order chi connectivity index (χ1) is 8.06. The highest BCUT2D eigenvalue weighted by Crippen LogP contribution is 2.22. The Labute approximate surface area is 101 Å². The van der Waals surface area contributed by atoms with Crippen LogP contribution in [0.2, 0.25) is 0 Å². The Morgan fingerprint density at radius 3 is 2.65 bits per heavy atom. The van der Waals surface area contributed by atoms with Gasteiger partial charge in [-0.2, -0.15) is 4.98 Å². The van der Waals surface area contributed by atoms with Crippen LogP contribution in [0.15, 0.2) is 24.4 Å². The fourth-order valence-corrected chi connectivity index (χ4v) is 1.58. The van der Waals surface area contributed by atoms with Gasteiger partial charge in [-0.1, -0.05) is 12.1 Å². The highest BCUT2D eigenvalue weighted by Gasteiger charge is 2.04. The number of nitrogens with one attached hydrogen (secondary N) is 1. The lowest BCUT2D eigenvalue weighted by Crippen LogP contribution is -2.03. The van der Waals surface area contributed by atoms with Gasteiger partial charge in [0.15, 0.2) is 0 Å². The summed E-state index contributed by atoms with van der Waals surface area (Å²) in [6, 6.07) is 6.26. The first kappa shape index (κ1) is 11.4. The van der Waals surface area contributed by atoms with Crippen molar-refractivity contribution in [1.29, 1.82) is 0 Å². The largest absolute Gasteiger partial charge is 0.368 e.